The summed E-state index contributed by atoms with van der Waals surface area (Å²) in [6, 6.07) is 0. The summed E-state index contributed by atoms with van der Waals surface area (Å²) in [5, 5.41) is 6.76. The first kappa shape index (κ1) is 9.54. The molecule has 0 saturated heterocycles. The van der Waals surface area contributed by atoms with Gasteiger partial charge in [0.15, 0.2) is 5.82 Å². The molecule has 0 radical (unpaired) electrons. The Kier molecular flexibility index (Phi) is 4.10. The van der Waals surface area contributed by atoms with Crippen molar-refractivity contribution in [1.29, 1.82) is 0 Å². The largest absolute Gasteiger partial charge is 0.339 e. The molecule has 12 heavy (non-hydrogen) atoms. The minimum absolute atomic E-state index is 0.669. The highest BCUT2D eigenvalue weighted by atomic mass is 32.2. The third-order valence-corrected chi connectivity index (χ3v) is 1.98. The lowest BCUT2D eigenvalue weighted by Gasteiger charge is -1.88. The molecule has 5 heteroatoms. The Balaban J connectivity index is 2.41. The van der Waals surface area contributed by atoms with E-state index >= 15 is 0 Å². The SMILES string of the molecule is CNCc1noc(CCSC)n1. The smallest absolute Gasteiger partial charge is 0.227 e. The van der Waals surface area contributed by atoms with Crippen LogP contribution in [0.1, 0.15) is 11.7 Å². The molecule has 0 unspecified atom stereocenters. The molecule has 0 atom stereocenters. The van der Waals surface area contributed by atoms with Gasteiger partial charge in [0.2, 0.25) is 5.89 Å². The second kappa shape index (κ2) is 5.16. The van der Waals surface area contributed by atoms with Crippen molar-refractivity contribution in [2.24, 2.45) is 0 Å². The van der Waals surface area contributed by atoms with E-state index in [0.29, 0.717) is 6.54 Å². The molecule has 1 aromatic heterocycles. The summed E-state index contributed by atoms with van der Waals surface area (Å²) in [4.78, 5) is 4.18. The normalized spacial score (nSPS) is 10.5. The third-order valence-electron chi connectivity index (χ3n) is 1.37. The van der Waals surface area contributed by atoms with Gasteiger partial charge in [-0.05, 0) is 13.3 Å². The van der Waals surface area contributed by atoms with Crippen molar-refractivity contribution < 1.29 is 4.52 Å². The molecule has 0 fully saturated rings. The van der Waals surface area contributed by atoms with E-state index in [0.717, 1.165) is 23.9 Å². The van der Waals surface area contributed by atoms with Gasteiger partial charge in [0.1, 0.15) is 0 Å². The highest BCUT2D eigenvalue weighted by molar-refractivity contribution is 7.98. The Labute approximate surface area is 76.1 Å². The summed E-state index contributed by atoms with van der Waals surface area (Å²) < 4.78 is 5.00. The summed E-state index contributed by atoms with van der Waals surface area (Å²) in [5.74, 6) is 2.49. The molecule has 4 nitrogen and oxygen atoms in total. The van der Waals surface area contributed by atoms with Crippen LogP contribution in [0.4, 0.5) is 0 Å². The zero-order chi connectivity index (χ0) is 8.81. The van der Waals surface area contributed by atoms with Gasteiger partial charge in [-0.3, -0.25) is 0 Å². The number of hydrogen-bond acceptors (Lipinski definition) is 5. The second-order valence-corrected chi connectivity index (χ2v) is 3.36. The molecule has 1 rings (SSSR count). The number of nitrogens with zero attached hydrogens (tertiary/aromatic N) is 2. The fourth-order valence-corrected chi connectivity index (χ4v) is 1.19. The standard InChI is InChI=1S/C7H13N3OS/c1-8-5-6-9-7(11-10-6)3-4-12-2/h8H,3-5H2,1-2H3. The molecular weight excluding hydrogens is 174 g/mol. The van der Waals surface area contributed by atoms with Crippen LogP contribution in [-0.4, -0.2) is 29.2 Å². The summed E-state index contributed by atoms with van der Waals surface area (Å²) >= 11 is 1.78. The van der Waals surface area contributed by atoms with Crippen molar-refractivity contribution in [2.45, 2.75) is 13.0 Å². The maximum atomic E-state index is 5.00. The van der Waals surface area contributed by atoms with E-state index in [4.69, 9.17) is 4.52 Å². The number of rotatable bonds is 5. The minimum Gasteiger partial charge on any atom is -0.339 e. The van der Waals surface area contributed by atoms with Crippen molar-refractivity contribution in [3.8, 4) is 0 Å². The summed E-state index contributed by atoms with van der Waals surface area (Å²) in [5.41, 5.74) is 0. The molecule has 1 aromatic rings. The van der Waals surface area contributed by atoms with Gasteiger partial charge in [-0.2, -0.15) is 16.7 Å². The lowest BCUT2D eigenvalue weighted by Crippen LogP contribution is -2.06. The Morgan fingerprint density at radius 2 is 2.42 bits per heavy atom. The fraction of sp³-hybridized carbons (Fsp3) is 0.714. The fourth-order valence-electron chi connectivity index (χ4n) is 0.811. The van der Waals surface area contributed by atoms with E-state index in [-0.39, 0.29) is 0 Å². The van der Waals surface area contributed by atoms with Crippen LogP contribution in [0, 0.1) is 0 Å². The van der Waals surface area contributed by atoms with Crippen LogP contribution in [-0.2, 0) is 13.0 Å². The van der Waals surface area contributed by atoms with Crippen LogP contribution in [0.15, 0.2) is 4.52 Å². The molecular formula is C7H13N3OS. The highest BCUT2D eigenvalue weighted by Gasteiger charge is 2.03. The van der Waals surface area contributed by atoms with Gasteiger partial charge in [0, 0.05) is 12.2 Å². The Morgan fingerprint density at radius 1 is 1.58 bits per heavy atom. The Hall–Kier alpha value is -0.550. The quantitative estimate of drug-likeness (QED) is 0.735. The van der Waals surface area contributed by atoms with Crippen molar-refractivity contribution in [2.75, 3.05) is 19.1 Å². The first-order chi connectivity index (χ1) is 5.86. The van der Waals surface area contributed by atoms with Crippen LogP contribution >= 0.6 is 11.8 Å². The zero-order valence-corrected chi connectivity index (χ0v) is 8.15. The summed E-state index contributed by atoms with van der Waals surface area (Å²) in [7, 11) is 1.86. The van der Waals surface area contributed by atoms with E-state index in [1.807, 2.05) is 7.05 Å². The van der Waals surface area contributed by atoms with Crippen LogP contribution in [0.25, 0.3) is 0 Å². The minimum atomic E-state index is 0.669. The highest BCUT2D eigenvalue weighted by Crippen LogP contribution is 2.02. The predicted octanol–water partition coefficient (Wildman–Crippen LogP) is 0.694. The van der Waals surface area contributed by atoms with Gasteiger partial charge in [-0.1, -0.05) is 5.16 Å². The van der Waals surface area contributed by atoms with Crippen molar-refractivity contribution in [3.05, 3.63) is 11.7 Å². The maximum Gasteiger partial charge on any atom is 0.227 e. The van der Waals surface area contributed by atoms with Crippen molar-refractivity contribution >= 4 is 11.8 Å². The van der Waals surface area contributed by atoms with E-state index in [9.17, 15) is 0 Å². The van der Waals surface area contributed by atoms with E-state index in [2.05, 4.69) is 21.7 Å². The second-order valence-electron chi connectivity index (χ2n) is 2.38. The number of aryl methyl sites for hydroxylation is 1. The molecule has 68 valence electrons. The molecule has 0 aromatic carbocycles. The summed E-state index contributed by atoms with van der Waals surface area (Å²) in [6.07, 6.45) is 2.92. The van der Waals surface area contributed by atoms with Crippen molar-refractivity contribution in [1.82, 2.24) is 15.5 Å². The van der Waals surface area contributed by atoms with Crippen molar-refractivity contribution in [3.63, 3.8) is 0 Å². The molecule has 0 amide bonds. The average molecular weight is 187 g/mol. The lowest BCUT2D eigenvalue weighted by molar-refractivity contribution is 0.376. The first-order valence-corrected chi connectivity index (χ1v) is 5.21. The van der Waals surface area contributed by atoms with Crippen LogP contribution in [0.3, 0.4) is 0 Å². The molecule has 1 N–H and O–H groups in total. The molecule has 0 bridgehead atoms. The van der Waals surface area contributed by atoms with Crippen LogP contribution in [0.5, 0.6) is 0 Å². The number of thioether (sulfide) groups is 1. The van der Waals surface area contributed by atoms with Crippen LogP contribution < -0.4 is 5.32 Å². The molecule has 0 aliphatic carbocycles. The van der Waals surface area contributed by atoms with Gasteiger partial charge in [0.05, 0.1) is 6.54 Å². The van der Waals surface area contributed by atoms with Gasteiger partial charge < -0.3 is 9.84 Å². The Morgan fingerprint density at radius 3 is 3.08 bits per heavy atom. The van der Waals surface area contributed by atoms with Crippen LogP contribution in [0.2, 0.25) is 0 Å². The molecule has 1 heterocycles. The molecule has 0 aliphatic rings. The maximum absolute atomic E-state index is 5.00. The zero-order valence-electron chi connectivity index (χ0n) is 7.33. The molecule has 0 aliphatic heterocycles. The number of hydrogen-bond donors (Lipinski definition) is 1. The Bertz CT molecular complexity index is 226. The third kappa shape index (κ3) is 2.83. The van der Waals surface area contributed by atoms with Gasteiger partial charge in [-0.15, -0.1) is 0 Å². The molecule has 0 saturated carbocycles. The van der Waals surface area contributed by atoms with E-state index in [1.165, 1.54) is 0 Å². The van der Waals surface area contributed by atoms with E-state index < -0.39 is 0 Å². The lowest BCUT2D eigenvalue weighted by atomic mass is 10.5. The monoisotopic (exact) mass is 187 g/mol. The number of nitrogens with one attached hydrogen (secondary N) is 1. The van der Waals surface area contributed by atoms with Gasteiger partial charge >= 0.3 is 0 Å². The first-order valence-electron chi connectivity index (χ1n) is 3.82. The predicted molar refractivity (Wildman–Crippen MR) is 49.1 cm³/mol. The average Bonchev–Trinajstić information content (AvgIpc) is 2.50. The number of aromatic nitrogens is 2. The van der Waals surface area contributed by atoms with E-state index in [1.54, 1.807) is 11.8 Å². The van der Waals surface area contributed by atoms with Gasteiger partial charge in [0.25, 0.3) is 0 Å². The topological polar surface area (TPSA) is 51.0 Å². The summed E-state index contributed by atoms with van der Waals surface area (Å²) in [6.45, 7) is 0.669. The van der Waals surface area contributed by atoms with Gasteiger partial charge in [-0.25, -0.2) is 0 Å². The molecule has 0 spiro atoms.